The van der Waals surface area contributed by atoms with Gasteiger partial charge in [0.15, 0.2) is 0 Å². The Morgan fingerprint density at radius 2 is 1.52 bits per heavy atom. The molecular weight excluding hydrogens is 360 g/mol. The number of carbonyl (C=O) groups is 1. The molecule has 3 rings (SSSR count). The van der Waals surface area contributed by atoms with Gasteiger partial charge < -0.3 is 4.90 Å². The van der Waals surface area contributed by atoms with Gasteiger partial charge in [-0.2, -0.15) is 0 Å². The standard InChI is InChI=1S/C21H26N2O3S/c1-17-5-7-18(8-6-17)15-22(2)21(24)20-11-9-19(10-12-20)16-27(25,26)23-13-3-4-14-23/h5-12H,3-4,13-16H2,1-2H3. The van der Waals surface area contributed by atoms with Crippen molar-refractivity contribution in [1.29, 1.82) is 0 Å². The highest BCUT2D eigenvalue weighted by Crippen LogP contribution is 2.18. The Bertz CT molecular complexity index is 884. The van der Waals surface area contributed by atoms with Crippen molar-refractivity contribution in [3.8, 4) is 0 Å². The van der Waals surface area contributed by atoms with Gasteiger partial charge in [-0.05, 0) is 43.0 Å². The van der Waals surface area contributed by atoms with Gasteiger partial charge in [-0.3, -0.25) is 4.79 Å². The van der Waals surface area contributed by atoms with Crippen molar-refractivity contribution >= 4 is 15.9 Å². The monoisotopic (exact) mass is 386 g/mol. The summed E-state index contributed by atoms with van der Waals surface area (Å²) in [6.45, 7) is 3.79. The molecule has 1 saturated heterocycles. The summed E-state index contributed by atoms with van der Waals surface area (Å²) in [6, 6.07) is 15.0. The first kappa shape index (κ1) is 19.6. The maximum Gasteiger partial charge on any atom is 0.253 e. The van der Waals surface area contributed by atoms with Gasteiger partial charge in [0.25, 0.3) is 5.91 Å². The van der Waals surface area contributed by atoms with E-state index in [0.29, 0.717) is 30.8 Å². The van der Waals surface area contributed by atoms with E-state index in [1.165, 1.54) is 5.56 Å². The maximum absolute atomic E-state index is 12.6. The van der Waals surface area contributed by atoms with E-state index in [1.54, 1.807) is 40.5 Å². The first-order valence-corrected chi connectivity index (χ1v) is 10.8. The van der Waals surface area contributed by atoms with Crippen LogP contribution in [-0.4, -0.2) is 43.7 Å². The number of hydrogen-bond acceptors (Lipinski definition) is 3. The zero-order valence-electron chi connectivity index (χ0n) is 15.9. The van der Waals surface area contributed by atoms with Crippen molar-refractivity contribution in [3.05, 3.63) is 70.8 Å². The van der Waals surface area contributed by atoms with Gasteiger partial charge in [-0.1, -0.05) is 42.0 Å². The molecule has 0 radical (unpaired) electrons. The van der Waals surface area contributed by atoms with Gasteiger partial charge in [-0.15, -0.1) is 0 Å². The van der Waals surface area contributed by atoms with Crippen LogP contribution in [0.3, 0.4) is 0 Å². The minimum atomic E-state index is -3.27. The van der Waals surface area contributed by atoms with Crippen LogP contribution in [0.4, 0.5) is 0 Å². The number of benzene rings is 2. The lowest BCUT2D eigenvalue weighted by molar-refractivity contribution is 0.0785. The molecular formula is C21H26N2O3S. The van der Waals surface area contributed by atoms with Crippen molar-refractivity contribution in [2.24, 2.45) is 0 Å². The van der Waals surface area contributed by atoms with Crippen molar-refractivity contribution < 1.29 is 13.2 Å². The molecule has 0 saturated carbocycles. The highest BCUT2D eigenvalue weighted by Gasteiger charge is 2.25. The van der Waals surface area contributed by atoms with E-state index >= 15 is 0 Å². The third-order valence-corrected chi connectivity index (χ3v) is 6.75. The zero-order chi connectivity index (χ0) is 19.4. The van der Waals surface area contributed by atoms with Crippen LogP contribution in [0.2, 0.25) is 0 Å². The molecule has 0 N–H and O–H groups in total. The zero-order valence-corrected chi connectivity index (χ0v) is 16.7. The van der Waals surface area contributed by atoms with Crippen LogP contribution in [0.15, 0.2) is 48.5 Å². The van der Waals surface area contributed by atoms with E-state index < -0.39 is 10.0 Å². The van der Waals surface area contributed by atoms with Crippen LogP contribution in [0.25, 0.3) is 0 Å². The SMILES string of the molecule is Cc1ccc(CN(C)C(=O)c2ccc(CS(=O)(=O)N3CCCC3)cc2)cc1. The van der Waals surface area contributed by atoms with Gasteiger partial charge >= 0.3 is 0 Å². The molecule has 5 nitrogen and oxygen atoms in total. The molecule has 0 bridgehead atoms. The maximum atomic E-state index is 12.6. The van der Waals surface area contributed by atoms with E-state index in [4.69, 9.17) is 0 Å². The summed E-state index contributed by atoms with van der Waals surface area (Å²) in [4.78, 5) is 14.3. The summed E-state index contributed by atoms with van der Waals surface area (Å²) < 4.78 is 26.4. The molecule has 0 unspecified atom stereocenters. The number of nitrogens with zero attached hydrogens (tertiary/aromatic N) is 2. The van der Waals surface area contributed by atoms with Gasteiger partial charge in [0.2, 0.25) is 10.0 Å². The number of hydrogen-bond donors (Lipinski definition) is 0. The Kier molecular flexibility index (Phi) is 5.97. The van der Waals surface area contributed by atoms with Gasteiger partial charge in [0.05, 0.1) is 5.75 Å². The molecule has 1 heterocycles. The van der Waals surface area contributed by atoms with E-state index in [0.717, 1.165) is 18.4 Å². The molecule has 144 valence electrons. The fraction of sp³-hybridized carbons (Fsp3) is 0.381. The summed E-state index contributed by atoms with van der Waals surface area (Å²) in [5, 5.41) is 0. The Morgan fingerprint density at radius 1 is 0.963 bits per heavy atom. The molecule has 0 spiro atoms. The Labute approximate surface area is 161 Å². The topological polar surface area (TPSA) is 57.7 Å². The third kappa shape index (κ3) is 4.96. The van der Waals surface area contributed by atoms with Crippen LogP contribution < -0.4 is 0 Å². The lowest BCUT2D eigenvalue weighted by Crippen LogP contribution is -2.29. The van der Waals surface area contributed by atoms with E-state index in [-0.39, 0.29) is 11.7 Å². The highest BCUT2D eigenvalue weighted by molar-refractivity contribution is 7.88. The minimum absolute atomic E-state index is 0.0132. The molecule has 1 aliphatic heterocycles. The fourth-order valence-corrected chi connectivity index (χ4v) is 4.88. The second-order valence-electron chi connectivity index (χ2n) is 7.21. The van der Waals surface area contributed by atoms with Crippen molar-refractivity contribution in [2.75, 3.05) is 20.1 Å². The summed E-state index contributed by atoms with van der Waals surface area (Å²) in [6.07, 6.45) is 1.86. The molecule has 6 heteroatoms. The normalized spacial score (nSPS) is 15.0. The summed E-state index contributed by atoms with van der Waals surface area (Å²) >= 11 is 0. The summed E-state index contributed by atoms with van der Waals surface area (Å²) in [5.41, 5.74) is 3.53. The quantitative estimate of drug-likeness (QED) is 0.766. The van der Waals surface area contributed by atoms with Crippen LogP contribution in [-0.2, 0) is 22.3 Å². The molecule has 1 fully saturated rings. The predicted molar refractivity (Wildman–Crippen MR) is 107 cm³/mol. The van der Waals surface area contributed by atoms with Crippen molar-refractivity contribution in [3.63, 3.8) is 0 Å². The first-order valence-electron chi connectivity index (χ1n) is 9.23. The van der Waals surface area contributed by atoms with Crippen molar-refractivity contribution in [1.82, 2.24) is 9.21 Å². The van der Waals surface area contributed by atoms with Crippen LogP contribution >= 0.6 is 0 Å². The average Bonchev–Trinajstić information content (AvgIpc) is 3.19. The van der Waals surface area contributed by atoms with E-state index in [9.17, 15) is 13.2 Å². The van der Waals surface area contributed by atoms with Gasteiger partial charge in [0, 0.05) is 32.2 Å². The van der Waals surface area contributed by atoms with Gasteiger partial charge in [0.1, 0.15) is 0 Å². The number of sulfonamides is 1. The molecule has 0 atom stereocenters. The molecule has 0 aromatic heterocycles. The molecule has 2 aromatic rings. The van der Waals surface area contributed by atoms with Crippen LogP contribution in [0.5, 0.6) is 0 Å². The Morgan fingerprint density at radius 3 is 2.11 bits per heavy atom. The largest absolute Gasteiger partial charge is 0.337 e. The Balaban J connectivity index is 1.63. The molecule has 1 aliphatic rings. The highest BCUT2D eigenvalue weighted by atomic mass is 32.2. The molecule has 27 heavy (non-hydrogen) atoms. The minimum Gasteiger partial charge on any atom is -0.337 e. The average molecular weight is 387 g/mol. The fourth-order valence-electron chi connectivity index (χ4n) is 3.27. The number of amides is 1. The summed E-state index contributed by atoms with van der Waals surface area (Å²) in [5.74, 6) is -0.0924. The van der Waals surface area contributed by atoms with Crippen LogP contribution in [0, 0.1) is 6.92 Å². The number of carbonyl (C=O) groups excluding carboxylic acids is 1. The van der Waals surface area contributed by atoms with Gasteiger partial charge in [-0.25, -0.2) is 12.7 Å². The Hall–Kier alpha value is -2.18. The summed E-state index contributed by atoms with van der Waals surface area (Å²) in [7, 11) is -1.50. The first-order chi connectivity index (χ1) is 12.8. The lowest BCUT2D eigenvalue weighted by Gasteiger charge is -2.18. The smallest absolute Gasteiger partial charge is 0.253 e. The predicted octanol–water partition coefficient (Wildman–Crippen LogP) is 3.19. The van der Waals surface area contributed by atoms with E-state index in [1.807, 2.05) is 31.2 Å². The van der Waals surface area contributed by atoms with Crippen molar-refractivity contribution in [2.45, 2.75) is 32.1 Å². The lowest BCUT2D eigenvalue weighted by atomic mass is 10.1. The third-order valence-electron chi connectivity index (χ3n) is 4.90. The second-order valence-corrected chi connectivity index (χ2v) is 9.18. The second kappa shape index (κ2) is 8.23. The van der Waals surface area contributed by atoms with E-state index in [2.05, 4.69) is 0 Å². The molecule has 1 amide bonds. The molecule has 0 aliphatic carbocycles. The number of rotatable bonds is 6. The number of aryl methyl sites for hydroxylation is 1. The van der Waals surface area contributed by atoms with Crippen LogP contribution in [0.1, 0.15) is 39.9 Å². The molecule has 2 aromatic carbocycles.